The molecule has 1 fully saturated rings. The molecule has 6 nitrogen and oxygen atoms in total. The number of hydrogen-bond acceptors (Lipinski definition) is 5. The zero-order valence-electron chi connectivity index (χ0n) is 15.5. The Hall–Kier alpha value is -2.06. The van der Waals surface area contributed by atoms with E-state index in [1.165, 1.54) is 11.3 Å². The van der Waals surface area contributed by atoms with Gasteiger partial charge in [-0.05, 0) is 19.4 Å². The Morgan fingerprint density at radius 3 is 2.52 bits per heavy atom. The zero-order chi connectivity index (χ0) is 19.2. The number of amides is 3. The average molecular weight is 405 g/mol. The van der Waals surface area contributed by atoms with E-state index in [4.69, 9.17) is 0 Å². The fraction of sp³-hybridized carbons (Fsp3) is 0.421. The Morgan fingerprint density at radius 1 is 1.19 bits per heavy atom. The summed E-state index contributed by atoms with van der Waals surface area (Å²) in [6.45, 7) is 5.31. The van der Waals surface area contributed by atoms with Crippen LogP contribution in [-0.4, -0.2) is 52.5 Å². The van der Waals surface area contributed by atoms with Gasteiger partial charge in [0.05, 0.1) is 5.69 Å². The van der Waals surface area contributed by atoms with E-state index in [0.29, 0.717) is 24.6 Å². The maximum absolute atomic E-state index is 12.9. The first-order valence-electron chi connectivity index (χ1n) is 8.95. The van der Waals surface area contributed by atoms with E-state index >= 15 is 0 Å². The molecule has 2 N–H and O–H groups in total. The van der Waals surface area contributed by atoms with Crippen LogP contribution in [0, 0.1) is 13.8 Å². The third-order valence-electron chi connectivity index (χ3n) is 4.45. The molecule has 1 aliphatic rings. The number of hydrogen-bond donors (Lipinski definition) is 2. The standard InChI is InChI=1S/C19H24N4O2S2/c1-13-14(2)27-18(20-13)22-17(24)16(12-15-6-4-3-5-7-15)21-19(25)23-8-10-26-11-9-23/h3-7,16H,8-12H2,1-2H3,(H,21,25)(H,20,22,24). The Morgan fingerprint density at radius 2 is 1.89 bits per heavy atom. The van der Waals surface area contributed by atoms with Crippen LogP contribution in [0.2, 0.25) is 0 Å². The molecule has 1 aromatic heterocycles. The summed E-state index contributed by atoms with van der Waals surface area (Å²) < 4.78 is 0. The van der Waals surface area contributed by atoms with Crippen molar-refractivity contribution in [3.05, 3.63) is 46.5 Å². The minimum absolute atomic E-state index is 0.183. The second-order valence-electron chi connectivity index (χ2n) is 6.44. The largest absolute Gasteiger partial charge is 0.326 e. The third kappa shape index (κ3) is 5.46. The number of rotatable bonds is 5. The molecule has 1 aliphatic heterocycles. The van der Waals surface area contributed by atoms with Crippen molar-refractivity contribution in [1.82, 2.24) is 15.2 Å². The first-order chi connectivity index (χ1) is 13.0. The summed E-state index contributed by atoms with van der Waals surface area (Å²) in [7, 11) is 0. The predicted molar refractivity (Wildman–Crippen MR) is 112 cm³/mol. The van der Waals surface area contributed by atoms with Gasteiger partial charge in [-0.1, -0.05) is 30.3 Å². The van der Waals surface area contributed by atoms with Crippen molar-refractivity contribution >= 4 is 40.2 Å². The van der Waals surface area contributed by atoms with Gasteiger partial charge in [0.15, 0.2) is 5.13 Å². The summed E-state index contributed by atoms with van der Waals surface area (Å²) in [6, 6.07) is 8.88. The lowest BCUT2D eigenvalue weighted by Gasteiger charge is -2.28. The summed E-state index contributed by atoms with van der Waals surface area (Å²) in [4.78, 5) is 32.7. The highest BCUT2D eigenvalue weighted by atomic mass is 32.2. The van der Waals surface area contributed by atoms with Gasteiger partial charge < -0.3 is 15.5 Å². The molecule has 1 unspecified atom stereocenters. The molecule has 0 aliphatic carbocycles. The number of thioether (sulfide) groups is 1. The normalized spacial score (nSPS) is 15.3. The number of nitrogens with zero attached hydrogens (tertiary/aromatic N) is 2. The van der Waals surface area contributed by atoms with E-state index in [1.54, 1.807) is 4.90 Å². The van der Waals surface area contributed by atoms with Crippen LogP contribution < -0.4 is 10.6 Å². The molecule has 2 heterocycles. The fourth-order valence-corrected chi connectivity index (χ4v) is 4.51. The third-order valence-corrected chi connectivity index (χ3v) is 6.38. The maximum Gasteiger partial charge on any atom is 0.318 e. The van der Waals surface area contributed by atoms with E-state index < -0.39 is 6.04 Å². The SMILES string of the molecule is Cc1nc(NC(=O)C(Cc2ccccc2)NC(=O)N2CCSCC2)sc1C. The number of aromatic nitrogens is 1. The van der Waals surface area contributed by atoms with Gasteiger partial charge in [0.25, 0.3) is 0 Å². The highest BCUT2D eigenvalue weighted by Crippen LogP contribution is 2.21. The molecule has 27 heavy (non-hydrogen) atoms. The molecule has 8 heteroatoms. The molecule has 0 radical (unpaired) electrons. The topological polar surface area (TPSA) is 74.3 Å². The van der Waals surface area contributed by atoms with Gasteiger partial charge in [0.2, 0.25) is 5.91 Å². The second kappa shape index (κ2) is 9.23. The van der Waals surface area contributed by atoms with Gasteiger partial charge in [-0.2, -0.15) is 11.8 Å². The summed E-state index contributed by atoms with van der Waals surface area (Å²) >= 11 is 3.29. The lowest BCUT2D eigenvalue weighted by atomic mass is 10.1. The number of benzene rings is 1. The van der Waals surface area contributed by atoms with Gasteiger partial charge in [0, 0.05) is 35.9 Å². The molecule has 0 bridgehead atoms. The number of aryl methyl sites for hydroxylation is 2. The van der Waals surface area contributed by atoms with Crippen molar-refractivity contribution in [2.75, 3.05) is 29.9 Å². The van der Waals surface area contributed by atoms with Crippen LogP contribution in [0.5, 0.6) is 0 Å². The molecule has 3 amide bonds. The second-order valence-corrected chi connectivity index (χ2v) is 8.87. The Balaban J connectivity index is 1.71. The molecule has 1 saturated heterocycles. The lowest BCUT2D eigenvalue weighted by molar-refractivity contribution is -0.118. The summed E-state index contributed by atoms with van der Waals surface area (Å²) in [6.07, 6.45) is 0.435. The minimum atomic E-state index is -0.654. The highest BCUT2D eigenvalue weighted by Gasteiger charge is 2.25. The Labute approximate surface area is 167 Å². The van der Waals surface area contributed by atoms with E-state index in [2.05, 4.69) is 15.6 Å². The van der Waals surface area contributed by atoms with Crippen LogP contribution in [0.3, 0.4) is 0 Å². The first-order valence-corrected chi connectivity index (χ1v) is 10.9. The molecule has 144 valence electrons. The van der Waals surface area contributed by atoms with E-state index in [9.17, 15) is 9.59 Å². The summed E-state index contributed by atoms with van der Waals surface area (Å²) in [5.41, 5.74) is 1.91. The first kappa shape index (κ1) is 19.7. The molecule has 1 atom stereocenters. The minimum Gasteiger partial charge on any atom is -0.326 e. The smallest absolute Gasteiger partial charge is 0.318 e. The number of anilines is 1. The van der Waals surface area contributed by atoms with Crippen molar-refractivity contribution in [2.24, 2.45) is 0 Å². The van der Waals surface area contributed by atoms with E-state index in [0.717, 1.165) is 27.6 Å². The number of carbonyl (C=O) groups is 2. The zero-order valence-corrected chi connectivity index (χ0v) is 17.2. The van der Waals surface area contributed by atoms with Crippen LogP contribution in [0.25, 0.3) is 0 Å². The number of urea groups is 1. The van der Waals surface area contributed by atoms with Gasteiger partial charge >= 0.3 is 6.03 Å². The average Bonchev–Trinajstić information content (AvgIpc) is 2.99. The van der Waals surface area contributed by atoms with E-state index in [1.807, 2.05) is 55.9 Å². The molecule has 0 saturated carbocycles. The van der Waals surface area contributed by atoms with Crippen molar-refractivity contribution in [2.45, 2.75) is 26.3 Å². The fourth-order valence-electron chi connectivity index (χ4n) is 2.78. The highest BCUT2D eigenvalue weighted by molar-refractivity contribution is 7.99. The molecule has 3 rings (SSSR count). The van der Waals surface area contributed by atoms with Gasteiger partial charge in [-0.25, -0.2) is 9.78 Å². The lowest BCUT2D eigenvalue weighted by Crippen LogP contribution is -2.52. The van der Waals surface area contributed by atoms with Crippen molar-refractivity contribution < 1.29 is 9.59 Å². The summed E-state index contributed by atoms with van der Waals surface area (Å²) in [5.74, 6) is 1.62. The van der Waals surface area contributed by atoms with Crippen LogP contribution in [0.1, 0.15) is 16.1 Å². The molecule has 2 aromatic rings. The van der Waals surface area contributed by atoms with Crippen LogP contribution in [-0.2, 0) is 11.2 Å². The Bertz CT molecular complexity index is 769. The number of carbonyl (C=O) groups excluding carboxylic acids is 2. The maximum atomic E-state index is 12.9. The van der Waals surface area contributed by atoms with Crippen LogP contribution in [0.4, 0.5) is 9.93 Å². The monoisotopic (exact) mass is 404 g/mol. The quantitative estimate of drug-likeness (QED) is 0.803. The molecular weight excluding hydrogens is 380 g/mol. The van der Waals surface area contributed by atoms with Crippen molar-refractivity contribution in [3.63, 3.8) is 0 Å². The Kier molecular flexibility index (Phi) is 6.73. The molecular formula is C19H24N4O2S2. The van der Waals surface area contributed by atoms with Crippen molar-refractivity contribution in [1.29, 1.82) is 0 Å². The van der Waals surface area contributed by atoms with Gasteiger partial charge in [0.1, 0.15) is 6.04 Å². The van der Waals surface area contributed by atoms with Gasteiger partial charge in [-0.3, -0.25) is 4.79 Å². The number of nitrogens with one attached hydrogen (secondary N) is 2. The van der Waals surface area contributed by atoms with Crippen LogP contribution in [0.15, 0.2) is 30.3 Å². The molecule has 0 spiro atoms. The van der Waals surface area contributed by atoms with Crippen LogP contribution >= 0.6 is 23.1 Å². The summed E-state index contributed by atoms with van der Waals surface area (Å²) in [5, 5.41) is 6.35. The predicted octanol–water partition coefficient (Wildman–Crippen LogP) is 3.07. The van der Waals surface area contributed by atoms with Crippen molar-refractivity contribution in [3.8, 4) is 0 Å². The van der Waals surface area contributed by atoms with E-state index in [-0.39, 0.29) is 11.9 Å². The molecule has 1 aromatic carbocycles. The number of thiazole rings is 1. The van der Waals surface area contributed by atoms with Gasteiger partial charge in [-0.15, -0.1) is 11.3 Å².